The highest BCUT2D eigenvalue weighted by molar-refractivity contribution is 14.0. The lowest BCUT2D eigenvalue weighted by Crippen LogP contribution is -2.51. The predicted octanol–water partition coefficient (Wildman–Crippen LogP) is 3.19. The lowest BCUT2D eigenvalue weighted by Gasteiger charge is -2.37. The van der Waals surface area contributed by atoms with Crippen molar-refractivity contribution >= 4 is 29.9 Å². The molecule has 0 radical (unpaired) electrons. The number of piperazine rings is 1. The first-order valence-corrected chi connectivity index (χ1v) is 9.31. The van der Waals surface area contributed by atoms with Crippen molar-refractivity contribution in [2.75, 3.05) is 46.8 Å². The molecule has 0 amide bonds. The van der Waals surface area contributed by atoms with Crippen molar-refractivity contribution in [3.8, 4) is 0 Å². The van der Waals surface area contributed by atoms with Crippen molar-refractivity contribution in [1.82, 2.24) is 20.4 Å². The van der Waals surface area contributed by atoms with Crippen LogP contribution in [-0.2, 0) is 6.18 Å². The summed E-state index contributed by atoms with van der Waals surface area (Å²) in [5.74, 6) is 0.615. The number of likely N-dealkylation sites (N-methyl/N-ethyl adjacent to an activating group) is 2. The number of hydrogen-bond acceptors (Lipinski definition) is 3. The minimum atomic E-state index is -4.34. The van der Waals surface area contributed by atoms with E-state index in [1.165, 1.54) is 12.1 Å². The van der Waals surface area contributed by atoms with Crippen LogP contribution in [0.15, 0.2) is 29.3 Å². The summed E-state index contributed by atoms with van der Waals surface area (Å²) in [6, 6.07) is 5.43. The van der Waals surface area contributed by atoms with E-state index in [0.717, 1.165) is 25.7 Å². The molecule has 0 aromatic heterocycles. The lowest BCUT2D eigenvalue weighted by molar-refractivity contribution is -0.137. The van der Waals surface area contributed by atoms with E-state index in [2.05, 4.69) is 39.5 Å². The van der Waals surface area contributed by atoms with Gasteiger partial charge in [-0.05, 0) is 45.6 Å². The summed E-state index contributed by atoms with van der Waals surface area (Å²) >= 11 is 0. The van der Waals surface area contributed by atoms with Gasteiger partial charge in [-0.3, -0.25) is 9.89 Å². The van der Waals surface area contributed by atoms with Crippen molar-refractivity contribution in [2.24, 2.45) is 4.99 Å². The Kier molecular flexibility index (Phi) is 9.99. The maximum Gasteiger partial charge on any atom is 0.416 e. The zero-order valence-corrected chi connectivity index (χ0v) is 19.2. The van der Waals surface area contributed by atoms with E-state index in [4.69, 9.17) is 0 Å². The zero-order valence-electron chi connectivity index (χ0n) is 16.9. The Morgan fingerprint density at radius 3 is 2.64 bits per heavy atom. The molecule has 160 valence electrons. The molecule has 1 aromatic carbocycles. The van der Waals surface area contributed by atoms with Gasteiger partial charge in [-0.1, -0.05) is 12.1 Å². The molecule has 5 nitrogen and oxygen atoms in total. The van der Waals surface area contributed by atoms with Gasteiger partial charge in [0.1, 0.15) is 0 Å². The van der Waals surface area contributed by atoms with Crippen molar-refractivity contribution in [2.45, 2.75) is 32.1 Å². The summed E-state index contributed by atoms with van der Waals surface area (Å²) in [6.07, 6.45) is -4.34. The molecule has 2 rings (SSSR count). The average molecular weight is 513 g/mol. The van der Waals surface area contributed by atoms with E-state index in [1.54, 1.807) is 6.07 Å². The second kappa shape index (κ2) is 11.2. The molecule has 1 heterocycles. The summed E-state index contributed by atoms with van der Waals surface area (Å²) in [4.78, 5) is 9.24. The number of benzene rings is 1. The molecule has 1 aromatic rings. The highest BCUT2D eigenvalue weighted by Gasteiger charge is 2.30. The number of aliphatic imine (C=N–C) groups is 1. The molecule has 1 fully saturated rings. The fraction of sp³-hybridized carbons (Fsp3) is 0.632. The van der Waals surface area contributed by atoms with Crippen LogP contribution in [0.25, 0.3) is 0 Å². The minimum Gasteiger partial charge on any atom is -0.357 e. The van der Waals surface area contributed by atoms with E-state index in [9.17, 15) is 13.2 Å². The van der Waals surface area contributed by atoms with Gasteiger partial charge in [0.2, 0.25) is 0 Å². The van der Waals surface area contributed by atoms with Crippen molar-refractivity contribution < 1.29 is 13.2 Å². The van der Waals surface area contributed by atoms with Crippen LogP contribution in [0.5, 0.6) is 0 Å². The van der Waals surface area contributed by atoms with E-state index in [0.29, 0.717) is 30.7 Å². The van der Waals surface area contributed by atoms with Gasteiger partial charge in [0.15, 0.2) is 5.96 Å². The monoisotopic (exact) mass is 513 g/mol. The molecule has 28 heavy (non-hydrogen) atoms. The maximum atomic E-state index is 12.9. The summed E-state index contributed by atoms with van der Waals surface area (Å²) in [6.45, 7) is 8.11. The normalized spacial score (nSPS) is 20.4. The molecule has 0 aliphatic carbocycles. The average Bonchev–Trinajstić information content (AvgIpc) is 2.61. The zero-order chi connectivity index (χ0) is 20.0. The van der Waals surface area contributed by atoms with Gasteiger partial charge in [0, 0.05) is 32.2 Å². The molecule has 2 unspecified atom stereocenters. The van der Waals surface area contributed by atoms with Gasteiger partial charge < -0.3 is 15.5 Å². The first kappa shape index (κ1) is 25.0. The quantitative estimate of drug-likeness (QED) is 0.361. The summed E-state index contributed by atoms with van der Waals surface area (Å²) in [7, 11) is 4.20. The topological polar surface area (TPSA) is 42.9 Å². The number of halogens is 4. The van der Waals surface area contributed by atoms with Crippen LogP contribution in [0.1, 0.15) is 31.0 Å². The van der Waals surface area contributed by atoms with Gasteiger partial charge in [0.05, 0.1) is 18.2 Å². The Balaban J connectivity index is 0.00000392. The fourth-order valence-corrected chi connectivity index (χ4v) is 3.09. The second-order valence-electron chi connectivity index (χ2n) is 7.11. The largest absolute Gasteiger partial charge is 0.416 e. The lowest BCUT2D eigenvalue weighted by atomic mass is 10.1. The smallest absolute Gasteiger partial charge is 0.357 e. The molecule has 0 saturated carbocycles. The van der Waals surface area contributed by atoms with Gasteiger partial charge in [-0.15, -0.1) is 24.0 Å². The van der Waals surface area contributed by atoms with E-state index in [1.807, 2.05) is 13.8 Å². The first-order valence-electron chi connectivity index (χ1n) is 9.31. The summed E-state index contributed by atoms with van der Waals surface area (Å²) in [5.41, 5.74) is -0.0626. The molecule has 2 atom stereocenters. The number of hydrogen-bond donors (Lipinski definition) is 2. The van der Waals surface area contributed by atoms with Crippen LogP contribution in [0, 0.1) is 0 Å². The SMILES string of the molecule is CCNC(=NCC1CN(C)CCN1C)NC(C)c1cccc(C(F)(F)F)c1.I. The summed E-state index contributed by atoms with van der Waals surface area (Å²) < 4.78 is 38.8. The molecule has 1 aliphatic heterocycles. The highest BCUT2D eigenvalue weighted by Crippen LogP contribution is 2.30. The Bertz CT molecular complexity index is 638. The van der Waals surface area contributed by atoms with Gasteiger partial charge in [0.25, 0.3) is 0 Å². The number of nitrogens with one attached hydrogen (secondary N) is 2. The molecule has 2 N–H and O–H groups in total. The number of alkyl halides is 3. The molecular formula is C19H31F3IN5. The number of guanidine groups is 1. The first-order chi connectivity index (χ1) is 12.7. The Hall–Kier alpha value is -1.07. The van der Waals surface area contributed by atoms with E-state index < -0.39 is 11.7 Å². The fourth-order valence-electron chi connectivity index (χ4n) is 3.09. The predicted molar refractivity (Wildman–Crippen MR) is 118 cm³/mol. The molecule has 0 spiro atoms. The number of nitrogens with zero attached hydrogens (tertiary/aromatic N) is 3. The van der Waals surface area contributed by atoms with Crippen LogP contribution < -0.4 is 10.6 Å². The van der Waals surface area contributed by atoms with Gasteiger partial charge in [-0.2, -0.15) is 13.2 Å². The Morgan fingerprint density at radius 2 is 2.00 bits per heavy atom. The maximum absolute atomic E-state index is 12.9. The summed E-state index contributed by atoms with van der Waals surface area (Å²) in [5, 5.41) is 6.40. The van der Waals surface area contributed by atoms with Crippen LogP contribution in [0.4, 0.5) is 13.2 Å². The molecule has 1 aliphatic rings. The molecule has 1 saturated heterocycles. The van der Waals surface area contributed by atoms with E-state index in [-0.39, 0.29) is 30.0 Å². The second-order valence-corrected chi connectivity index (χ2v) is 7.11. The molecule has 9 heteroatoms. The van der Waals surface area contributed by atoms with Crippen LogP contribution in [-0.4, -0.2) is 68.6 Å². The third-order valence-corrected chi connectivity index (χ3v) is 4.85. The van der Waals surface area contributed by atoms with Crippen LogP contribution in [0.3, 0.4) is 0 Å². The minimum absolute atomic E-state index is 0. The third-order valence-electron chi connectivity index (χ3n) is 4.85. The molecule has 0 bridgehead atoms. The van der Waals surface area contributed by atoms with Crippen molar-refractivity contribution in [1.29, 1.82) is 0 Å². The van der Waals surface area contributed by atoms with Gasteiger partial charge >= 0.3 is 6.18 Å². The molecular weight excluding hydrogens is 482 g/mol. The Labute approximate surface area is 182 Å². The third kappa shape index (κ3) is 7.40. The van der Waals surface area contributed by atoms with Crippen molar-refractivity contribution in [3.63, 3.8) is 0 Å². The van der Waals surface area contributed by atoms with Gasteiger partial charge in [-0.25, -0.2) is 0 Å². The van der Waals surface area contributed by atoms with Crippen LogP contribution in [0.2, 0.25) is 0 Å². The number of rotatable bonds is 5. The highest BCUT2D eigenvalue weighted by atomic mass is 127. The van der Waals surface area contributed by atoms with Crippen molar-refractivity contribution in [3.05, 3.63) is 35.4 Å². The Morgan fingerprint density at radius 1 is 1.29 bits per heavy atom. The standard InChI is InChI=1S/C19H30F3N5.HI/c1-5-23-18(24-12-17-13-26(3)9-10-27(17)4)25-14(2)15-7-6-8-16(11-15)19(20,21)22;/h6-8,11,14,17H,5,9-10,12-13H2,1-4H3,(H2,23,24,25);1H. The van der Waals surface area contributed by atoms with E-state index >= 15 is 0 Å². The van der Waals surface area contributed by atoms with Crippen LogP contribution >= 0.6 is 24.0 Å².